The molecule has 452 valence electrons. The third kappa shape index (κ3) is 45.6. The summed E-state index contributed by atoms with van der Waals surface area (Å²) in [5.41, 5.74) is 0. The van der Waals surface area contributed by atoms with Crippen LogP contribution < -0.4 is 5.32 Å². The summed E-state index contributed by atoms with van der Waals surface area (Å²) in [5, 5.41) is 54.4. The number of unbranched alkanes of at least 4 members (excludes halogenated alkanes) is 50. The van der Waals surface area contributed by atoms with Crippen LogP contribution in [0.1, 0.15) is 354 Å². The summed E-state index contributed by atoms with van der Waals surface area (Å²) in [4.78, 5) is 13.0. The van der Waals surface area contributed by atoms with Crippen molar-refractivity contribution in [2.45, 2.75) is 397 Å². The van der Waals surface area contributed by atoms with Crippen molar-refractivity contribution in [2.24, 2.45) is 0 Å². The molecule has 1 rings (SSSR count). The molecular formula is C67H131NO8. The van der Waals surface area contributed by atoms with Crippen molar-refractivity contribution in [3.05, 3.63) is 12.2 Å². The van der Waals surface area contributed by atoms with E-state index in [9.17, 15) is 30.3 Å². The summed E-state index contributed by atoms with van der Waals surface area (Å²) in [7, 11) is 0. The zero-order chi connectivity index (χ0) is 55.0. The minimum Gasteiger partial charge on any atom is -0.394 e. The van der Waals surface area contributed by atoms with Gasteiger partial charge in [-0.15, -0.1) is 0 Å². The first-order valence-electron chi connectivity index (χ1n) is 33.9. The topological polar surface area (TPSA) is 149 Å². The van der Waals surface area contributed by atoms with Crippen molar-refractivity contribution >= 4 is 5.91 Å². The number of amides is 1. The van der Waals surface area contributed by atoms with Gasteiger partial charge in [-0.3, -0.25) is 4.79 Å². The number of aliphatic hydroxyl groups excluding tert-OH is 5. The smallest absolute Gasteiger partial charge is 0.220 e. The van der Waals surface area contributed by atoms with Gasteiger partial charge in [0.15, 0.2) is 6.29 Å². The van der Waals surface area contributed by atoms with Crippen LogP contribution in [-0.2, 0) is 14.3 Å². The fourth-order valence-corrected chi connectivity index (χ4v) is 11.3. The Morgan fingerprint density at radius 2 is 0.724 bits per heavy atom. The van der Waals surface area contributed by atoms with Crippen LogP contribution in [0, 0.1) is 0 Å². The molecule has 1 saturated heterocycles. The zero-order valence-electron chi connectivity index (χ0n) is 50.5. The van der Waals surface area contributed by atoms with E-state index in [2.05, 4.69) is 19.2 Å². The first kappa shape index (κ1) is 72.9. The molecule has 7 unspecified atom stereocenters. The maximum atomic E-state index is 13.0. The first-order chi connectivity index (χ1) is 37.3. The van der Waals surface area contributed by atoms with Gasteiger partial charge in [0.2, 0.25) is 5.91 Å². The number of allylic oxidation sites excluding steroid dienone is 1. The normalized spacial score (nSPS) is 18.8. The van der Waals surface area contributed by atoms with Crippen LogP contribution in [0.15, 0.2) is 12.2 Å². The average molecular weight is 1080 g/mol. The van der Waals surface area contributed by atoms with Gasteiger partial charge >= 0.3 is 0 Å². The molecule has 0 aromatic carbocycles. The highest BCUT2D eigenvalue weighted by molar-refractivity contribution is 5.76. The molecule has 1 amide bonds. The molecule has 0 bridgehead atoms. The van der Waals surface area contributed by atoms with E-state index in [1.165, 1.54) is 295 Å². The Kier molecular flexibility index (Phi) is 54.9. The number of carbonyl (C=O) groups excluding carboxylic acids is 1. The van der Waals surface area contributed by atoms with Crippen molar-refractivity contribution in [1.82, 2.24) is 5.32 Å². The van der Waals surface area contributed by atoms with Crippen LogP contribution in [0.2, 0.25) is 0 Å². The van der Waals surface area contributed by atoms with Gasteiger partial charge in [-0.05, 0) is 19.3 Å². The highest BCUT2D eigenvalue weighted by Gasteiger charge is 2.44. The Morgan fingerprint density at radius 3 is 1.03 bits per heavy atom. The maximum absolute atomic E-state index is 13.0. The van der Waals surface area contributed by atoms with E-state index in [4.69, 9.17) is 9.47 Å². The molecule has 0 spiro atoms. The van der Waals surface area contributed by atoms with Crippen LogP contribution in [-0.4, -0.2) is 87.5 Å². The lowest BCUT2D eigenvalue weighted by molar-refractivity contribution is -0.302. The van der Waals surface area contributed by atoms with Crippen LogP contribution in [0.3, 0.4) is 0 Å². The van der Waals surface area contributed by atoms with Gasteiger partial charge in [-0.2, -0.15) is 0 Å². The minimum atomic E-state index is -1.56. The van der Waals surface area contributed by atoms with Gasteiger partial charge < -0.3 is 40.3 Å². The number of hydrogen-bond donors (Lipinski definition) is 6. The monoisotopic (exact) mass is 1080 g/mol. The standard InChI is InChI=1S/C67H131NO8/c1-3-5-7-9-11-13-15-17-18-19-20-21-22-23-24-25-26-27-28-29-30-31-32-33-34-35-36-37-38-39-40-41-42-43-44-45-47-49-51-53-55-57-63(71)68-60(59-75-67-66(74)65(73)64(72)62(58-69)76-67)61(70)56-54-52-50-48-46-16-14-12-10-8-6-4-2/h54,56,60-62,64-67,69-70,72-74H,3-53,55,57-59H2,1-2H3,(H,68,71)/b56-54+. The Balaban J connectivity index is 1.97. The highest BCUT2D eigenvalue weighted by Crippen LogP contribution is 2.23. The first-order valence-corrected chi connectivity index (χ1v) is 33.9. The Labute approximate surface area is 471 Å². The van der Waals surface area contributed by atoms with Crippen LogP contribution in [0.25, 0.3) is 0 Å². The highest BCUT2D eigenvalue weighted by atomic mass is 16.7. The molecule has 1 aliphatic rings. The molecule has 0 aromatic heterocycles. The van der Waals surface area contributed by atoms with E-state index in [-0.39, 0.29) is 12.5 Å². The van der Waals surface area contributed by atoms with Gasteiger partial charge in [-0.1, -0.05) is 341 Å². The van der Waals surface area contributed by atoms with Crippen LogP contribution >= 0.6 is 0 Å². The quantitative estimate of drug-likeness (QED) is 0.0261. The number of hydrogen-bond acceptors (Lipinski definition) is 8. The lowest BCUT2D eigenvalue weighted by Crippen LogP contribution is -2.60. The predicted octanol–water partition coefficient (Wildman–Crippen LogP) is 17.9. The summed E-state index contributed by atoms with van der Waals surface area (Å²) in [5.74, 6) is -0.170. The molecule has 6 N–H and O–H groups in total. The Morgan fingerprint density at radius 1 is 0.434 bits per heavy atom. The van der Waals surface area contributed by atoms with Crippen LogP contribution in [0.5, 0.6) is 0 Å². The third-order valence-corrected chi connectivity index (χ3v) is 16.6. The summed E-state index contributed by atoms with van der Waals surface area (Å²) in [6, 6.07) is -0.800. The average Bonchev–Trinajstić information content (AvgIpc) is 3.42. The molecule has 0 radical (unpaired) electrons. The number of carbonyl (C=O) groups is 1. The Hall–Kier alpha value is -1.07. The van der Waals surface area contributed by atoms with Crippen molar-refractivity contribution in [2.75, 3.05) is 13.2 Å². The molecule has 9 nitrogen and oxygen atoms in total. The minimum absolute atomic E-state index is 0.170. The van der Waals surface area contributed by atoms with Crippen molar-refractivity contribution < 1.29 is 39.8 Å². The summed E-state index contributed by atoms with van der Waals surface area (Å²) in [6.45, 7) is 3.81. The van der Waals surface area contributed by atoms with E-state index in [0.717, 1.165) is 38.5 Å². The molecule has 0 aliphatic carbocycles. The molecule has 1 fully saturated rings. The van der Waals surface area contributed by atoms with Gasteiger partial charge in [0, 0.05) is 6.42 Å². The van der Waals surface area contributed by atoms with Crippen molar-refractivity contribution in [1.29, 1.82) is 0 Å². The van der Waals surface area contributed by atoms with E-state index in [1.807, 2.05) is 6.08 Å². The maximum Gasteiger partial charge on any atom is 0.220 e. The molecule has 1 heterocycles. The van der Waals surface area contributed by atoms with Gasteiger partial charge in [-0.25, -0.2) is 0 Å². The molecule has 0 saturated carbocycles. The van der Waals surface area contributed by atoms with Gasteiger partial charge in [0.05, 0.1) is 25.4 Å². The Bertz CT molecular complexity index is 1200. The van der Waals surface area contributed by atoms with E-state index in [1.54, 1.807) is 6.08 Å². The number of ether oxygens (including phenoxy) is 2. The number of rotatable bonds is 60. The van der Waals surface area contributed by atoms with Crippen LogP contribution in [0.4, 0.5) is 0 Å². The second-order valence-corrected chi connectivity index (χ2v) is 24.0. The lowest BCUT2D eigenvalue weighted by atomic mass is 9.99. The predicted molar refractivity (Wildman–Crippen MR) is 323 cm³/mol. The summed E-state index contributed by atoms with van der Waals surface area (Å²) in [6.07, 6.45) is 66.4. The number of aliphatic hydroxyl groups is 5. The SMILES string of the molecule is CCCCCCCCCCCC/C=C/C(O)C(COC1OC(CO)C(O)C(O)C1O)NC(=O)CCCCCCCCCCCCCCCCCCCCCCCCCCCCCCCCCCCCCCCCCCC. The van der Waals surface area contributed by atoms with Crippen molar-refractivity contribution in [3.63, 3.8) is 0 Å². The summed E-state index contributed by atoms with van der Waals surface area (Å²) >= 11 is 0. The number of nitrogens with one attached hydrogen (secondary N) is 1. The molecule has 9 heteroatoms. The van der Waals surface area contributed by atoms with Crippen molar-refractivity contribution in [3.8, 4) is 0 Å². The van der Waals surface area contributed by atoms with E-state index < -0.39 is 49.5 Å². The summed E-state index contributed by atoms with van der Waals surface area (Å²) < 4.78 is 11.3. The van der Waals surface area contributed by atoms with Gasteiger partial charge in [0.1, 0.15) is 24.4 Å². The van der Waals surface area contributed by atoms with E-state index >= 15 is 0 Å². The fraction of sp³-hybridized carbons (Fsp3) is 0.955. The largest absolute Gasteiger partial charge is 0.394 e. The molecular weight excluding hydrogens is 947 g/mol. The third-order valence-electron chi connectivity index (χ3n) is 16.6. The molecule has 1 aliphatic heterocycles. The molecule has 7 atom stereocenters. The second kappa shape index (κ2) is 57.2. The van der Waals surface area contributed by atoms with E-state index in [0.29, 0.717) is 6.42 Å². The second-order valence-electron chi connectivity index (χ2n) is 24.0. The fourth-order valence-electron chi connectivity index (χ4n) is 11.3. The molecule has 76 heavy (non-hydrogen) atoms. The molecule has 0 aromatic rings. The lowest BCUT2D eigenvalue weighted by Gasteiger charge is -2.40. The zero-order valence-corrected chi connectivity index (χ0v) is 50.5. The van der Waals surface area contributed by atoms with Gasteiger partial charge in [0.25, 0.3) is 0 Å².